The van der Waals surface area contributed by atoms with E-state index in [2.05, 4.69) is 0 Å². The van der Waals surface area contributed by atoms with Crippen LogP contribution in [0, 0.1) is 0 Å². The fourth-order valence-electron chi connectivity index (χ4n) is 0.794. The number of ketones is 1. The number of halogens is 1. The van der Waals surface area contributed by atoms with Crippen molar-refractivity contribution >= 4 is 11.7 Å². The fraction of sp³-hybridized carbons (Fsp3) is 0.714. The molecule has 0 aromatic heterocycles. The normalized spacial score (nSPS) is 9.58. The minimum absolute atomic E-state index is 0.0485. The zero-order chi connectivity index (χ0) is 9.56. The van der Waals surface area contributed by atoms with Gasteiger partial charge in [-0.2, -0.15) is 5.54 Å². The van der Waals surface area contributed by atoms with Gasteiger partial charge in [-0.3, -0.25) is 9.59 Å². The second-order valence-corrected chi connectivity index (χ2v) is 2.53. The Morgan fingerprint density at radius 3 is 2.33 bits per heavy atom. The summed E-state index contributed by atoms with van der Waals surface area (Å²) in [5.74, 6) is -0.329. The molecule has 0 saturated heterocycles. The monoisotopic (exact) mass is 176 g/mol. The number of carbonyl (C=O) groups is 2. The maximum atomic E-state index is 11.5. The van der Waals surface area contributed by atoms with Crippen molar-refractivity contribution in [2.24, 2.45) is 0 Å². The molecule has 0 aliphatic rings. The highest BCUT2D eigenvalue weighted by Crippen LogP contribution is 1.88. The van der Waals surface area contributed by atoms with E-state index in [9.17, 15) is 14.1 Å². The molecule has 0 fully saturated rings. The number of Topliss-reactive ketones (excluding diaryl/α,β-unsaturated/α-hetero) is 1. The number of rotatable bonds is 5. The van der Waals surface area contributed by atoms with Gasteiger partial charge in [0.25, 0.3) is 0 Å². The van der Waals surface area contributed by atoms with Crippen molar-refractivity contribution in [2.75, 3.05) is 19.6 Å². The highest BCUT2D eigenvalue weighted by atomic mass is 19.2. The largest absolute Gasteiger partial charge is 0.334 e. The van der Waals surface area contributed by atoms with Crippen LogP contribution in [0.1, 0.15) is 13.8 Å². The first kappa shape index (κ1) is 11.0. The highest BCUT2D eigenvalue weighted by Gasteiger charge is 2.09. The number of hydrogen-bond acceptors (Lipinski definition) is 3. The SMILES string of the molecule is CC(=O)CN(CCNF)C(C)=O. The Labute approximate surface area is 70.7 Å². The molecule has 1 amide bonds. The van der Waals surface area contributed by atoms with Gasteiger partial charge in [0.1, 0.15) is 5.78 Å². The van der Waals surface area contributed by atoms with E-state index in [1.807, 2.05) is 0 Å². The Kier molecular flexibility index (Phi) is 5.19. The van der Waals surface area contributed by atoms with E-state index in [4.69, 9.17) is 0 Å². The fourth-order valence-corrected chi connectivity index (χ4v) is 0.794. The number of nitrogens with one attached hydrogen (secondary N) is 1. The molecule has 1 N–H and O–H groups in total. The van der Waals surface area contributed by atoms with E-state index < -0.39 is 0 Å². The van der Waals surface area contributed by atoms with Crippen molar-refractivity contribution in [2.45, 2.75) is 13.8 Å². The van der Waals surface area contributed by atoms with Crippen molar-refractivity contribution in [1.82, 2.24) is 10.4 Å². The summed E-state index contributed by atoms with van der Waals surface area (Å²) in [6.45, 7) is 3.05. The molecule has 0 aliphatic heterocycles. The van der Waals surface area contributed by atoms with E-state index in [1.165, 1.54) is 24.3 Å². The third-order valence-electron chi connectivity index (χ3n) is 1.34. The summed E-state index contributed by atoms with van der Waals surface area (Å²) in [6, 6.07) is 0. The van der Waals surface area contributed by atoms with E-state index in [1.54, 1.807) is 0 Å². The molecular weight excluding hydrogens is 163 g/mol. The first-order chi connectivity index (χ1) is 5.57. The van der Waals surface area contributed by atoms with E-state index >= 15 is 0 Å². The van der Waals surface area contributed by atoms with Gasteiger partial charge in [0, 0.05) is 20.0 Å². The summed E-state index contributed by atoms with van der Waals surface area (Å²) in [4.78, 5) is 22.7. The van der Waals surface area contributed by atoms with Crippen LogP contribution in [-0.4, -0.2) is 36.2 Å². The molecule has 0 heterocycles. The maximum absolute atomic E-state index is 11.5. The van der Waals surface area contributed by atoms with Crippen LogP contribution in [0.25, 0.3) is 0 Å². The Hall–Kier alpha value is -0.970. The van der Waals surface area contributed by atoms with Crippen LogP contribution < -0.4 is 5.54 Å². The minimum atomic E-state index is -0.222. The van der Waals surface area contributed by atoms with E-state index in [-0.39, 0.29) is 31.3 Å². The van der Waals surface area contributed by atoms with Crippen molar-refractivity contribution in [3.63, 3.8) is 0 Å². The molecule has 70 valence electrons. The second kappa shape index (κ2) is 5.65. The van der Waals surface area contributed by atoms with Crippen molar-refractivity contribution in [3.8, 4) is 0 Å². The quantitative estimate of drug-likeness (QED) is 0.595. The predicted molar refractivity (Wildman–Crippen MR) is 42.0 cm³/mol. The second-order valence-electron chi connectivity index (χ2n) is 2.53. The van der Waals surface area contributed by atoms with Gasteiger partial charge in [0.2, 0.25) is 5.91 Å². The molecule has 0 aromatic rings. The van der Waals surface area contributed by atoms with Crippen LogP contribution in [0.4, 0.5) is 4.48 Å². The summed E-state index contributed by atoms with van der Waals surface area (Å²) in [7, 11) is 0. The van der Waals surface area contributed by atoms with Crippen LogP contribution in [0.5, 0.6) is 0 Å². The molecule has 5 heteroatoms. The Balaban J connectivity index is 3.87. The van der Waals surface area contributed by atoms with Crippen LogP contribution >= 0.6 is 0 Å². The van der Waals surface area contributed by atoms with E-state index in [0.717, 1.165) is 0 Å². The number of carbonyl (C=O) groups excluding carboxylic acids is 2. The number of hydrogen-bond donors (Lipinski definition) is 1. The van der Waals surface area contributed by atoms with Gasteiger partial charge in [-0.1, -0.05) is 0 Å². The lowest BCUT2D eigenvalue weighted by Crippen LogP contribution is -2.37. The molecular formula is C7H13FN2O2. The Bertz CT molecular complexity index is 173. The molecule has 12 heavy (non-hydrogen) atoms. The first-order valence-electron chi connectivity index (χ1n) is 3.66. The molecule has 0 unspecified atom stereocenters. The smallest absolute Gasteiger partial charge is 0.219 e. The van der Waals surface area contributed by atoms with Crippen LogP contribution in [-0.2, 0) is 9.59 Å². The lowest BCUT2D eigenvalue weighted by molar-refractivity contribution is -0.133. The summed E-state index contributed by atoms with van der Waals surface area (Å²) in [5.41, 5.74) is 1.42. The van der Waals surface area contributed by atoms with Gasteiger partial charge >= 0.3 is 0 Å². The van der Waals surface area contributed by atoms with Gasteiger partial charge in [0.05, 0.1) is 6.54 Å². The van der Waals surface area contributed by atoms with Gasteiger partial charge in [-0.25, -0.2) is 0 Å². The van der Waals surface area contributed by atoms with Crippen molar-refractivity contribution in [1.29, 1.82) is 0 Å². The van der Waals surface area contributed by atoms with Gasteiger partial charge in [-0.15, -0.1) is 4.48 Å². The third-order valence-corrected chi connectivity index (χ3v) is 1.34. The Morgan fingerprint density at radius 2 is 2.00 bits per heavy atom. The maximum Gasteiger partial charge on any atom is 0.219 e. The zero-order valence-electron chi connectivity index (χ0n) is 7.26. The third kappa shape index (κ3) is 4.79. The Morgan fingerprint density at radius 1 is 1.42 bits per heavy atom. The molecule has 0 bridgehead atoms. The zero-order valence-corrected chi connectivity index (χ0v) is 7.26. The summed E-state index contributed by atoms with van der Waals surface area (Å²) in [6.07, 6.45) is 0. The summed E-state index contributed by atoms with van der Waals surface area (Å²) in [5, 5.41) is 0. The van der Waals surface area contributed by atoms with Gasteiger partial charge in [0.15, 0.2) is 0 Å². The summed E-state index contributed by atoms with van der Waals surface area (Å²) >= 11 is 0. The van der Waals surface area contributed by atoms with Crippen LogP contribution in [0.3, 0.4) is 0 Å². The molecule has 0 aromatic carbocycles. The average molecular weight is 176 g/mol. The minimum Gasteiger partial charge on any atom is -0.334 e. The molecule has 0 radical (unpaired) electrons. The molecule has 0 aliphatic carbocycles. The standard InChI is InChI=1S/C7H13FN2O2/c1-6(11)5-10(7(2)12)4-3-9-8/h9H,3-5H2,1-2H3. The van der Waals surface area contributed by atoms with Gasteiger partial charge < -0.3 is 4.90 Å². The lowest BCUT2D eigenvalue weighted by atomic mass is 10.3. The van der Waals surface area contributed by atoms with E-state index in [0.29, 0.717) is 0 Å². The average Bonchev–Trinajstić information content (AvgIpc) is 1.96. The molecule has 0 atom stereocenters. The summed E-state index contributed by atoms with van der Waals surface area (Å²) < 4.78 is 11.5. The topological polar surface area (TPSA) is 49.4 Å². The molecule has 0 rings (SSSR count). The predicted octanol–water partition coefficient (Wildman–Crippen LogP) is -0.102. The van der Waals surface area contributed by atoms with Crippen molar-refractivity contribution in [3.05, 3.63) is 0 Å². The molecule has 0 spiro atoms. The van der Waals surface area contributed by atoms with Gasteiger partial charge in [-0.05, 0) is 6.92 Å². The van der Waals surface area contributed by atoms with Crippen LogP contribution in [0.15, 0.2) is 0 Å². The van der Waals surface area contributed by atoms with Crippen LogP contribution in [0.2, 0.25) is 0 Å². The van der Waals surface area contributed by atoms with Crippen molar-refractivity contribution < 1.29 is 14.1 Å². The lowest BCUT2D eigenvalue weighted by Gasteiger charge is -2.18. The first-order valence-corrected chi connectivity index (χ1v) is 3.66. The molecule has 4 nitrogen and oxygen atoms in total. The highest BCUT2D eigenvalue weighted by molar-refractivity contribution is 5.83. The number of nitrogens with zero attached hydrogens (tertiary/aromatic N) is 1. The molecule has 0 saturated carbocycles. The number of amides is 1.